The van der Waals surface area contributed by atoms with Crippen molar-refractivity contribution in [1.29, 1.82) is 0 Å². The zero-order valence-corrected chi connectivity index (χ0v) is 17.5. The molecule has 1 fully saturated rings. The van der Waals surface area contributed by atoms with Gasteiger partial charge in [-0.1, -0.05) is 63.1 Å². The highest BCUT2D eigenvalue weighted by Crippen LogP contribution is 2.26. The summed E-state index contributed by atoms with van der Waals surface area (Å²) in [6, 6.07) is 10.7. The van der Waals surface area contributed by atoms with Crippen LogP contribution >= 0.6 is 0 Å². The lowest BCUT2D eigenvalue weighted by molar-refractivity contribution is -0.138. The van der Waals surface area contributed by atoms with Crippen LogP contribution in [0.2, 0.25) is 0 Å². The molecule has 27 heavy (non-hydrogen) atoms. The molecule has 3 nitrogen and oxygen atoms in total. The Labute approximate surface area is 165 Å². The summed E-state index contributed by atoms with van der Waals surface area (Å²) in [7, 11) is 0. The van der Waals surface area contributed by atoms with E-state index in [-0.39, 0.29) is 12.0 Å². The van der Waals surface area contributed by atoms with Crippen LogP contribution in [-0.4, -0.2) is 36.5 Å². The van der Waals surface area contributed by atoms with E-state index in [1.807, 2.05) is 13.0 Å². The second-order valence-corrected chi connectivity index (χ2v) is 7.54. The summed E-state index contributed by atoms with van der Waals surface area (Å²) >= 11 is 0. The second kappa shape index (κ2) is 11.0. The first-order valence-corrected chi connectivity index (χ1v) is 10.5. The van der Waals surface area contributed by atoms with Crippen molar-refractivity contribution in [1.82, 2.24) is 4.90 Å². The first-order chi connectivity index (χ1) is 13.1. The molecule has 1 heterocycles. The van der Waals surface area contributed by atoms with Crippen molar-refractivity contribution >= 4 is 11.6 Å². The van der Waals surface area contributed by atoms with Gasteiger partial charge >= 0.3 is 0 Å². The van der Waals surface area contributed by atoms with Gasteiger partial charge in [0.15, 0.2) is 0 Å². The van der Waals surface area contributed by atoms with Gasteiger partial charge in [-0.15, -0.1) is 0 Å². The van der Waals surface area contributed by atoms with Gasteiger partial charge in [0.05, 0.1) is 6.04 Å². The Morgan fingerprint density at radius 3 is 2.41 bits per heavy atom. The number of carbonyl (C=O) groups excluding carboxylic acids is 1. The van der Waals surface area contributed by atoms with Crippen molar-refractivity contribution in [2.45, 2.75) is 59.4 Å². The Kier molecular flexibility index (Phi) is 8.63. The molecule has 1 saturated heterocycles. The summed E-state index contributed by atoms with van der Waals surface area (Å²) in [6.07, 6.45) is 10.4. The summed E-state index contributed by atoms with van der Waals surface area (Å²) in [6.45, 7) is 11.1. The van der Waals surface area contributed by atoms with Crippen molar-refractivity contribution in [2.24, 2.45) is 5.92 Å². The molecule has 0 N–H and O–H groups in total. The lowest BCUT2D eigenvalue weighted by atomic mass is 9.93. The quantitative estimate of drug-likeness (QED) is 0.570. The van der Waals surface area contributed by atoms with Gasteiger partial charge in [0.1, 0.15) is 0 Å². The maximum absolute atomic E-state index is 13.4. The average Bonchev–Trinajstić information content (AvgIpc) is 2.71. The van der Waals surface area contributed by atoms with Gasteiger partial charge in [-0.2, -0.15) is 0 Å². The Bertz CT molecular complexity index is 629. The van der Waals surface area contributed by atoms with E-state index in [4.69, 9.17) is 0 Å². The van der Waals surface area contributed by atoms with Crippen LogP contribution in [0, 0.1) is 5.92 Å². The van der Waals surface area contributed by atoms with Crippen LogP contribution in [0.1, 0.15) is 53.4 Å². The van der Waals surface area contributed by atoms with Crippen molar-refractivity contribution in [3.05, 3.63) is 54.1 Å². The van der Waals surface area contributed by atoms with Gasteiger partial charge < -0.3 is 9.80 Å². The van der Waals surface area contributed by atoms with Gasteiger partial charge in [-0.25, -0.2) is 0 Å². The van der Waals surface area contributed by atoms with Gasteiger partial charge in [0, 0.05) is 31.2 Å². The Morgan fingerprint density at radius 2 is 1.81 bits per heavy atom. The number of piperazine rings is 1. The molecular weight excluding hydrogens is 332 g/mol. The van der Waals surface area contributed by atoms with Crippen molar-refractivity contribution in [3.8, 4) is 0 Å². The standard InChI is InChI=1S/C24H36N2O/c1-5-8-14-20(4)23-19-25(22-15-10-9-11-16-22)17-18-26(23)24(27)21(12-6-2)13-7-3/h5,8-11,14-16,21,23H,6-7,12-13,17-19H2,1-4H3/b8-5-,20-14+. The summed E-state index contributed by atoms with van der Waals surface area (Å²) < 4.78 is 0. The number of anilines is 1. The molecule has 1 amide bonds. The topological polar surface area (TPSA) is 23.6 Å². The molecule has 0 aromatic heterocycles. The van der Waals surface area contributed by atoms with E-state index >= 15 is 0 Å². The predicted molar refractivity (Wildman–Crippen MR) is 116 cm³/mol. The molecule has 1 aliphatic heterocycles. The molecule has 0 spiro atoms. The second-order valence-electron chi connectivity index (χ2n) is 7.54. The first kappa shape index (κ1) is 21.3. The number of hydrogen-bond donors (Lipinski definition) is 0. The van der Waals surface area contributed by atoms with E-state index in [1.165, 1.54) is 11.3 Å². The van der Waals surface area contributed by atoms with Crippen molar-refractivity contribution in [3.63, 3.8) is 0 Å². The first-order valence-electron chi connectivity index (χ1n) is 10.5. The number of nitrogens with zero attached hydrogens (tertiary/aromatic N) is 2. The number of para-hydroxylation sites is 1. The third-order valence-corrected chi connectivity index (χ3v) is 5.49. The van der Waals surface area contributed by atoms with Crippen LogP contribution in [-0.2, 0) is 4.79 Å². The van der Waals surface area contributed by atoms with E-state index in [0.717, 1.165) is 45.3 Å². The number of benzene rings is 1. The molecule has 0 bridgehead atoms. The third kappa shape index (κ3) is 5.72. The van der Waals surface area contributed by atoms with Gasteiger partial charge in [-0.05, 0) is 44.4 Å². The fraction of sp³-hybridized carbons (Fsp3) is 0.542. The summed E-state index contributed by atoms with van der Waals surface area (Å²) in [5.74, 6) is 0.518. The molecule has 148 valence electrons. The Hall–Kier alpha value is -2.03. The fourth-order valence-corrected chi connectivity index (χ4v) is 3.99. The summed E-state index contributed by atoms with van der Waals surface area (Å²) in [4.78, 5) is 17.9. The smallest absolute Gasteiger partial charge is 0.226 e. The zero-order valence-electron chi connectivity index (χ0n) is 17.5. The predicted octanol–water partition coefficient (Wildman–Crippen LogP) is 5.44. The highest BCUT2D eigenvalue weighted by molar-refractivity contribution is 5.80. The third-order valence-electron chi connectivity index (χ3n) is 5.49. The summed E-state index contributed by atoms with van der Waals surface area (Å²) in [5.41, 5.74) is 2.50. The van der Waals surface area contributed by atoms with Crippen LogP contribution in [0.3, 0.4) is 0 Å². The molecule has 1 aliphatic rings. The van der Waals surface area contributed by atoms with Gasteiger partial charge in [0.25, 0.3) is 0 Å². The highest BCUT2D eigenvalue weighted by Gasteiger charge is 2.34. The fourth-order valence-electron chi connectivity index (χ4n) is 3.99. The van der Waals surface area contributed by atoms with E-state index in [9.17, 15) is 4.79 Å². The Morgan fingerprint density at radius 1 is 1.15 bits per heavy atom. The minimum atomic E-state index is 0.138. The van der Waals surface area contributed by atoms with Crippen LogP contribution in [0.4, 0.5) is 5.69 Å². The molecule has 0 aliphatic carbocycles. The molecule has 2 rings (SSSR count). The van der Waals surface area contributed by atoms with Crippen molar-refractivity contribution < 1.29 is 4.79 Å². The minimum absolute atomic E-state index is 0.138. The molecule has 3 heteroatoms. The molecule has 0 radical (unpaired) electrons. The normalized spacial score (nSPS) is 18.6. The van der Waals surface area contributed by atoms with Crippen LogP contribution < -0.4 is 4.90 Å². The highest BCUT2D eigenvalue weighted by atomic mass is 16.2. The van der Waals surface area contributed by atoms with Crippen LogP contribution in [0.15, 0.2) is 54.1 Å². The van der Waals surface area contributed by atoms with Crippen LogP contribution in [0.5, 0.6) is 0 Å². The molecular formula is C24H36N2O. The maximum Gasteiger partial charge on any atom is 0.226 e. The van der Waals surface area contributed by atoms with E-state index in [2.05, 4.69) is 73.1 Å². The Balaban J connectivity index is 2.25. The largest absolute Gasteiger partial charge is 0.367 e. The SMILES string of the molecule is C/C=C\C=C(/C)C1CN(c2ccccc2)CCN1C(=O)C(CCC)CCC. The number of amides is 1. The number of carbonyl (C=O) groups is 1. The molecule has 1 aromatic rings. The van der Waals surface area contributed by atoms with E-state index < -0.39 is 0 Å². The van der Waals surface area contributed by atoms with Gasteiger partial charge in [-0.3, -0.25) is 4.79 Å². The lowest BCUT2D eigenvalue weighted by Crippen LogP contribution is -2.57. The molecule has 1 atom stereocenters. The molecule has 1 unspecified atom stereocenters. The van der Waals surface area contributed by atoms with E-state index in [1.54, 1.807) is 0 Å². The average molecular weight is 369 g/mol. The van der Waals surface area contributed by atoms with Gasteiger partial charge in [0.2, 0.25) is 5.91 Å². The minimum Gasteiger partial charge on any atom is -0.367 e. The monoisotopic (exact) mass is 368 g/mol. The summed E-state index contributed by atoms with van der Waals surface area (Å²) in [5, 5.41) is 0. The maximum atomic E-state index is 13.4. The van der Waals surface area contributed by atoms with Crippen molar-refractivity contribution in [2.75, 3.05) is 24.5 Å². The number of hydrogen-bond acceptors (Lipinski definition) is 2. The number of allylic oxidation sites excluding steroid dienone is 3. The van der Waals surface area contributed by atoms with Crippen LogP contribution in [0.25, 0.3) is 0 Å². The van der Waals surface area contributed by atoms with E-state index in [0.29, 0.717) is 5.91 Å². The lowest BCUT2D eigenvalue weighted by Gasteiger charge is -2.44. The number of rotatable bonds is 8. The molecule has 0 saturated carbocycles. The zero-order chi connectivity index (χ0) is 19.6. The molecule has 1 aromatic carbocycles.